The van der Waals surface area contributed by atoms with Gasteiger partial charge >= 0.3 is 0 Å². The van der Waals surface area contributed by atoms with E-state index in [1.807, 2.05) is 6.07 Å². The van der Waals surface area contributed by atoms with Crippen LogP contribution in [0, 0.1) is 0 Å². The van der Waals surface area contributed by atoms with Crippen molar-refractivity contribution in [2.24, 2.45) is 7.05 Å². The standard InChI is InChI=1S/C19H20N2O/c1-14(22)20-13-12-17-16-10-6-7-11-18(16)21(2)19(17)15-8-4-3-5-9-15/h3-11H,12-13H2,1-2H3,(H,20,22). The number of carbonyl (C=O) groups excluding carboxylic acids is 1. The van der Waals surface area contributed by atoms with Crippen LogP contribution in [0.25, 0.3) is 22.2 Å². The fraction of sp³-hybridized carbons (Fsp3) is 0.211. The van der Waals surface area contributed by atoms with Crippen LogP contribution in [0.4, 0.5) is 0 Å². The van der Waals surface area contributed by atoms with Crippen molar-refractivity contribution >= 4 is 16.8 Å². The molecule has 1 aromatic heterocycles. The summed E-state index contributed by atoms with van der Waals surface area (Å²) in [6.45, 7) is 2.21. The van der Waals surface area contributed by atoms with Crippen molar-refractivity contribution in [2.45, 2.75) is 13.3 Å². The molecule has 0 saturated carbocycles. The summed E-state index contributed by atoms with van der Waals surface area (Å²) in [6, 6.07) is 18.9. The van der Waals surface area contributed by atoms with Crippen molar-refractivity contribution in [3.63, 3.8) is 0 Å². The molecule has 2 aromatic carbocycles. The Morgan fingerprint density at radius 3 is 2.45 bits per heavy atom. The van der Waals surface area contributed by atoms with Crippen LogP contribution in [0.1, 0.15) is 12.5 Å². The number of rotatable bonds is 4. The molecule has 1 heterocycles. The fourth-order valence-corrected chi connectivity index (χ4v) is 3.05. The Bertz CT molecular complexity index is 803. The monoisotopic (exact) mass is 292 g/mol. The molecule has 0 bridgehead atoms. The SMILES string of the molecule is CC(=O)NCCc1c(-c2ccccc2)n(C)c2ccccc12. The van der Waals surface area contributed by atoms with E-state index in [2.05, 4.69) is 65.5 Å². The number of nitrogens with one attached hydrogen (secondary N) is 1. The fourth-order valence-electron chi connectivity index (χ4n) is 3.05. The Hall–Kier alpha value is -2.55. The molecule has 0 fully saturated rings. The molecule has 1 amide bonds. The molecule has 0 atom stereocenters. The Balaban J connectivity index is 2.12. The highest BCUT2D eigenvalue weighted by atomic mass is 16.1. The molecule has 3 aromatic rings. The molecule has 112 valence electrons. The Kier molecular flexibility index (Phi) is 3.96. The predicted octanol–water partition coefficient (Wildman–Crippen LogP) is 3.52. The molecule has 0 aliphatic heterocycles. The van der Waals surface area contributed by atoms with Crippen LogP contribution in [0.2, 0.25) is 0 Å². The zero-order chi connectivity index (χ0) is 15.5. The third kappa shape index (κ3) is 2.62. The lowest BCUT2D eigenvalue weighted by molar-refractivity contribution is -0.118. The lowest BCUT2D eigenvalue weighted by Crippen LogP contribution is -2.22. The average molecular weight is 292 g/mol. The number of hydrogen-bond acceptors (Lipinski definition) is 1. The van der Waals surface area contributed by atoms with Gasteiger partial charge in [-0.1, -0.05) is 48.5 Å². The first kappa shape index (κ1) is 14.4. The highest BCUT2D eigenvalue weighted by Gasteiger charge is 2.15. The summed E-state index contributed by atoms with van der Waals surface area (Å²) >= 11 is 0. The van der Waals surface area contributed by atoms with Gasteiger partial charge in [0.15, 0.2) is 0 Å². The zero-order valence-corrected chi connectivity index (χ0v) is 13.0. The van der Waals surface area contributed by atoms with E-state index in [4.69, 9.17) is 0 Å². The summed E-state index contributed by atoms with van der Waals surface area (Å²) in [4.78, 5) is 11.1. The molecule has 3 heteroatoms. The van der Waals surface area contributed by atoms with E-state index < -0.39 is 0 Å². The maximum atomic E-state index is 11.1. The van der Waals surface area contributed by atoms with Crippen molar-refractivity contribution in [3.05, 3.63) is 60.2 Å². The number of hydrogen-bond donors (Lipinski definition) is 1. The second kappa shape index (κ2) is 6.06. The van der Waals surface area contributed by atoms with Gasteiger partial charge in [0.2, 0.25) is 5.91 Å². The molecule has 0 radical (unpaired) electrons. The Labute approximate surface area is 130 Å². The van der Waals surface area contributed by atoms with Gasteiger partial charge in [-0.05, 0) is 23.6 Å². The summed E-state index contributed by atoms with van der Waals surface area (Å²) in [5, 5.41) is 4.16. The highest BCUT2D eigenvalue weighted by molar-refractivity contribution is 5.91. The Morgan fingerprint density at radius 2 is 1.73 bits per heavy atom. The maximum absolute atomic E-state index is 11.1. The van der Waals surface area contributed by atoms with Crippen LogP contribution in [0.3, 0.4) is 0 Å². The molecule has 3 nitrogen and oxygen atoms in total. The van der Waals surface area contributed by atoms with Crippen LogP contribution in [0.5, 0.6) is 0 Å². The van der Waals surface area contributed by atoms with Gasteiger partial charge in [0.25, 0.3) is 0 Å². The second-order valence-electron chi connectivity index (χ2n) is 5.50. The van der Waals surface area contributed by atoms with E-state index in [1.165, 1.54) is 27.7 Å². The quantitative estimate of drug-likeness (QED) is 0.784. The minimum atomic E-state index is 0.0153. The first-order valence-corrected chi connectivity index (χ1v) is 7.54. The van der Waals surface area contributed by atoms with E-state index in [0.717, 1.165) is 6.42 Å². The smallest absolute Gasteiger partial charge is 0.216 e. The van der Waals surface area contributed by atoms with Gasteiger partial charge in [0.05, 0.1) is 5.69 Å². The summed E-state index contributed by atoms with van der Waals surface area (Å²) in [7, 11) is 2.10. The lowest BCUT2D eigenvalue weighted by Gasteiger charge is -2.09. The molecule has 0 aliphatic rings. The van der Waals surface area contributed by atoms with Gasteiger partial charge in [0.1, 0.15) is 0 Å². The summed E-state index contributed by atoms with van der Waals surface area (Å²) in [6.07, 6.45) is 0.825. The second-order valence-corrected chi connectivity index (χ2v) is 5.50. The van der Waals surface area contributed by atoms with Crippen molar-refractivity contribution in [2.75, 3.05) is 6.54 Å². The minimum Gasteiger partial charge on any atom is -0.356 e. The Morgan fingerprint density at radius 1 is 1.05 bits per heavy atom. The summed E-state index contributed by atoms with van der Waals surface area (Å²) in [5.41, 5.74) is 4.95. The third-order valence-electron chi connectivity index (χ3n) is 4.01. The highest BCUT2D eigenvalue weighted by Crippen LogP contribution is 2.33. The molecular weight excluding hydrogens is 272 g/mol. The molecule has 0 aliphatic carbocycles. The van der Waals surface area contributed by atoms with E-state index in [0.29, 0.717) is 6.54 Å². The van der Waals surface area contributed by atoms with Crippen LogP contribution >= 0.6 is 0 Å². The van der Waals surface area contributed by atoms with Crippen LogP contribution in [-0.4, -0.2) is 17.0 Å². The van der Waals surface area contributed by atoms with Crippen molar-refractivity contribution in [1.29, 1.82) is 0 Å². The number of aryl methyl sites for hydroxylation is 1. The van der Waals surface area contributed by atoms with Crippen LogP contribution < -0.4 is 5.32 Å². The van der Waals surface area contributed by atoms with Gasteiger partial charge in [-0.2, -0.15) is 0 Å². The van der Waals surface area contributed by atoms with E-state index in [9.17, 15) is 4.79 Å². The van der Waals surface area contributed by atoms with Crippen molar-refractivity contribution in [3.8, 4) is 11.3 Å². The molecular formula is C19H20N2O. The first-order valence-electron chi connectivity index (χ1n) is 7.54. The number of para-hydroxylation sites is 1. The third-order valence-corrected chi connectivity index (χ3v) is 4.01. The first-order chi connectivity index (χ1) is 10.7. The van der Waals surface area contributed by atoms with Gasteiger partial charge in [-0.15, -0.1) is 0 Å². The summed E-state index contributed by atoms with van der Waals surface area (Å²) < 4.78 is 2.24. The molecule has 0 saturated heterocycles. The zero-order valence-electron chi connectivity index (χ0n) is 13.0. The summed E-state index contributed by atoms with van der Waals surface area (Å²) in [5.74, 6) is 0.0153. The maximum Gasteiger partial charge on any atom is 0.216 e. The molecule has 1 N–H and O–H groups in total. The molecule has 22 heavy (non-hydrogen) atoms. The number of aromatic nitrogens is 1. The normalized spacial score (nSPS) is 10.8. The average Bonchev–Trinajstić information content (AvgIpc) is 2.81. The number of carbonyl (C=O) groups is 1. The van der Waals surface area contributed by atoms with E-state index in [-0.39, 0.29) is 5.91 Å². The van der Waals surface area contributed by atoms with Crippen molar-refractivity contribution < 1.29 is 4.79 Å². The van der Waals surface area contributed by atoms with Gasteiger partial charge < -0.3 is 9.88 Å². The molecule has 3 rings (SSSR count). The predicted molar refractivity (Wildman–Crippen MR) is 90.7 cm³/mol. The topological polar surface area (TPSA) is 34.0 Å². The number of fused-ring (bicyclic) bond motifs is 1. The lowest BCUT2D eigenvalue weighted by atomic mass is 10.0. The largest absolute Gasteiger partial charge is 0.356 e. The van der Waals surface area contributed by atoms with E-state index in [1.54, 1.807) is 6.92 Å². The van der Waals surface area contributed by atoms with Gasteiger partial charge in [-0.3, -0.25) is 4.79 Å². The molecule has 0 spiro atoms. The van der Waals surface area contributed by atoms with Crippen LogP contribution in [0.15, 0.2) is 54.6 Å². The number of amides is 1. The minimum absolute atomic E-state index is 0.0153. The van der Waals surface area contributed by atoms with E-state index >= 15 is 0 Å². The van der Waals surface area contributed by atoms with Crippen LogP contribution in [-0.2, 0) is 18.3 Å². The molecule has 0 unspecified atom stereocenters. The van der Waals surface area contributed by atoms with Gasteiger partial charge in [-0.25, -0.2) is 0 Å². The van der Waals surface area contributed by atoms with Crippen molar-refractivity contribution in [1.82, 2.24) is 9.88 Å². The van der Waals surface area contributed by atoms with Gasteiger partial charge in [0, 0.05) is 31.4 Å². The number of nitrogens with zero attached hydrogens (tertiary/aromatic N) is 1. The number of benzene rings is 2.